The van der Waals surface area contributed by atoms with Gasteiger partial charge in [-0.1, -0.05) is 0 Å². The van der Waals surface area contributed by atoms with Crippen LogP contribution in [-0.4, -0.2) is 36.2 Å². The van der Waals surface area contributed by atoms with Crippen molar-refractivity contribution in [3.8, 4) is 0 Å². The van der Waals surface area contributed by atoms with E-state index in [2.05, 4.69) is 4.99 Å². The van der Waals surface area contributed by atoms with Crippen LogP contribution in [0.25, 0.3) is 0 Å². The van der Waals surface area contributed by atoms with E-state index in [-0.39, 0.29) is 12.0 Å². The summed E-state index contributed by atoms with van der Waals surface area (Å²) in [7, 11) is 1.76. The molecule has 0 aromatic rings. The van der Waals surface area contributed by atoms with Crippen LogP contribution in [0.1, 0.15) is 26.2 Å². The molecule has 1 unspecified atom stereocenters. The number of nitrogens with two attached hydrogens (primary N) is 1. The van der Waals surface area contributed by atoms with Gasteiger partial charge in [0.2, 0.25) is 0 Å². The van der Waals surface area contributed by atoms with Gasteiger partial charge in [0.05, 0.1) is 12.1 Å². The quantitative estimate of drug-likeness (QED) is 0.791. The zero-order chi connectivity index (χ0) is 11.7. The first kappa shape index (κ1) is 12.1. The zero-order valence-corrected chi connectivity index (χ0v) is 8.93. The van der Waals surface area contributed by atoms with Gasteiger partial charge < -0.3 is 10.6 Å². The first-order chi connectivity index (χ1) is 6.75. The van der Waals surface area contributed by atoms with Gasteiger partial charge in [-0.2, -0.15) is 13.2 Å². The lowest BCUT2D eigenvalue weighted by molar-refractivity contribution is -0.136. The van der Waals surface area contributed by atoms with Crippen LogP contribution in [0.3, 0.4) is 0 Å². The molecule has 1 heterocycles. The number of hydrogen-bond donors (Lipinski definition) is 1. The molecule has 0 fully saturated rings. The third-order valence-corrected chi connectivity index (χ3v) is 2.91. The monoisotopic (exact) mass is 223 g/mol. The fraction of sp³-hybridized carbons (Fsp3) is 0.889. The Morgan fingerprint density at radius 2 is 2.13 bits per heavy atom. The van der Waals surface area contributed by atoms with Crippen LogP contribution >= 0.6 is 0 Å². The number of likely N-dealkylation sites (N-methyl/N-ethyl adjacent to an activating group) is 1. The fourth-order valence-electron chi connectivity index (χ4n) is 1.66. The van der Waals surface area contributed by atoms with Gasteiger partial charge in [-0.3, -0.25) is 4.99 Å². The molecular weight excluding hydrogens is 207 g/mol. The van der Waals surface area contributed by atoms with E-state index in [1.807, 2.05) is 6.92 Å². The van der Waals surface area contributed by atoms with Crippen molar-refractivity contribution in [1.82, 2.24) is 4.90 Å². The molecule has 0 bridgehead atoms. The number of aliphatic imine (C=N–C) groups is 1. The summed E-state index contributed by atoms with van der Waals surface area (Å²) < 4.78 is 35.9. The molecule has 3 nitrogen and oxygen atoms in total. The zero-order valence-electron chi connectivity index (χ0n) is 8.93. The van der Waals surface area contributed by atoms with Crippen LogP contribution in [0.4, 0.5) is 13.2 Å². The van der Waals surface area contributed by atoms with Crippen LogP contribution in [-0.2, 0) is 0 Å². The summed E-state index contributed by atoms with van der Waals surface area (Å²) in [4.78, 5) is 5.78. The summed E-state index contributed by atoms with van der Waals surface area (Å²) in [6.45, 7) is 2.36. The van der Waals surface area contributed by atoms with E-state index >= 15 is 0 Å². The van der Waals surface area contributed by atoms with Crippen molar-refractivity contribution in [2.24, 2.45) is 10.7 Å². The topological polar surface area (TPSA) is 41.6 Å². The summed E-state index contributed by atoms with van der Waals surface area (Å²) in [6, 6.07) is 0. The maximum Gasteiger partial charge on any atom is 0.389 e. The molecule has 0 aromatic heterocycles. The maximum absolute atomic E-state index is 12.0. The third kappa shape index (κ3) is 3.00. The number of alkyl halides is 3. The Kier molecular flexibility index (Phi) is 3.16. The average molecular weight is 223 g/mol. The van der Waals surface area contributed by atoms with E-state index in [1.165, 1.54) is 0 Å². The first-order valence-electron chi connectivity index (χ1n) is 4.85. The SMILES string of the molecule is CN1C(N)=NCC1(C)CCCC(F)(F)F. The Bertz CT molecular complexity index is 262. The predicted molar refractivity (Wildman–Crippen MR) is 52.6 cm³/mol. The molecule has 88 valence electrons. The van der Waals surface area contributed by atoms with Crippen molar-refractivity contribution in [3.05, 3.63) is 0 Å². The molecule has 6 heteroatoms. The molecular formula is C9H16F3N3. The Labute approximate surface area is 87.1 Å². The average Bonchev–Trinajstić information content (AvgIpc) is 2.32. The van der Waals surface area contributed by atoms with Crippen LogP contribution in [0.5, 0.6) is 0 Å². The summed E-state index contributed by atoms with van der Waals surface area (Å²) >= 11 is 0. The lowest BCUT2D eigenvalue weighted by Gasteiger charge is -2.33. The molecule has 0 aromatic carbocycles. The van der Waals surface area contributed by atoms with Crippen LogP contribution in [0, 0.1) is 0 Å². The van der Waals surface area contributed by atoms with Gasteiger partial charge in [-0.05, 0) is 19.8 Å². The molecule has 0 radical (unpaired) electrons. The third-order valence-electron chi connectivity index (χ3n) is 2.91. The van der Waals surface area contributed by atoms with Gasteiger partial charge in [0.15, 0.2) is 5.96 Å². The van der Waals surface area contributed by atoms with Crippen LogP contribution in [0.15, 0.2) is 4.99 Å². The molecule has 0 saturated heterocycles. The number of hydrogen-bond acceptors (Lipinski definition) is 3. The van der Waals surface area contributed by atoms with Crippen LogP contribution in [0.2, 0.25) is 0 Å². The number of nitrogens with zero attached hydrogens (tertiary/aromatic N) is 2. The van der Waals surface area contributed by atoms with Gasteiger partial charge in [-0.25, -0.2) is 0 Å². The lowest BCUT2D eigenvalue weighted by atomic mass is 9.94. The second-order valence-electron chi connectivity index (χ2n) is 4.20. The highest BCUT2D eigenvalue weighted by Crippen LogP contribution is 2.29. The summed E-state index contributed by atoms with van der Waals surface area (Å²) in [5.74, 6) is 0.407. The summed E-state index contributed by atoms with van der Waals surface area (Å²) in [6.07, 6.45) is -4.24. The van der Waals surface area contributed by atoms with Crippen molar-refractivity contribution >= 4 is 5.96 Å². The molecule has 0 amide bonds. The summed E-state index contributed by atoms with van der Waals surface area (Å²) in [5.41, 5.74) is 5.21. The van der Waals surface area contributed by atoms with Gasteiger partial charge in [0.25, 0.3) is 0 Å². The van der Waals surface area contributed by atoms with Gasteiger partial charge in [-0.15, -0.1) is 0 Å². The second-order valence-corrected chi connectivity index (χ2v) is 4.20. The summed E-state index contributed by atoms with van der Waals surface area (Å²) in [5, 5.41) is 0. The van der Waals surface area contributed by atoms with Gasteiger partial charge in [0, 0.05) is 13.5 Å². The van der Waals surface area contributed by atoms with Crippen molar-refractivity contribution in [3.63, 3.8) is 0 Å². The fourth-order valence-corrected chi connectivity index (χ4v) is 1.66. The molecule has 15 heavy (non-hydrogen) atoms. The van der Waals surface area contributed by atoms with Crippen molar-refractivity contribution in [1.29, 1.82) is 0 Å². The Morgan fingerprint density at radius 3 is 2.53 bits per heavy atom. The van der Waals surface area contributed by atoms with E-state index in [9.17, 15) is 13.2 Å². The number of guanidine groups is 1. The minimum atomic E-state index is -4.07. The molecule has 1 atom stereocenters. The molecule has 2 N–H and O–H groups in total. The molecule has 1 aliphatic rings. The molecule has 1 aliphatic heterocycles. The number of rotatable bonds is 3. The Hall–Kier alpha value is -0.940. The van der Waals surface area contributed by atoms with E-state index in [0.717, 1.165) is 0 Å². The number of halogens is 3. The van der Waals surface area contributed by atoms with Crippen molar-refractivity contribution in [2.75, 3.05) is 13.6 Å². The van der Waals surface area contributed by atoms with E-state index in [0.29, 0.717) is 18.9 Å². The largest absolute Gasteiger partial charge is 0.389 e. The molecule has 1 rings (SSSR count). The van der Waals surface area contributed by atoms with Crippen molar-refractivity contribution in [2.45, 2.75) is 37.9 Å². The van der Waals surface area contributed by atoms with Crippen molar-refractivity contribution < 1.29 is 13.2 Å². The van der Waals surface area contributed by atoms with Gasteiger partial charge in [0.1, 0.15) is 0 Å². The highest BCUT2D eigenvalue weighted by Gasteiger charge is 2.36. The van der Waals surface area contributed by atoms with E-state index in [1.54, 1.807) is 11.9 Å². The first-order valence-corrected chi connectivity index (χ1v) is 4.85. The molecule has 0 aliphatic carbocycles. The highest BCUT2D eigenvalue weighted by atomic mass is 19.4. The highest BCUT2D eigenvalue weighted by molar-refractivity contribution is 5.80. The van der Waals surface area contributed by atoms with Crippen LogP contribution < -0.4 is 5.73 Å². The van der Waals surface area contributed by atoms with Gasteiger partial charge >= 0.3 is 6.18 Å². The molecule has 0 saturated carbocycles. The Balaban J connectivity index is 2.40. The standard InChI is InChI=1S/C9H16F3N3/c1-8(4-3-5-9(10,11)12)6-14-7(13)15(8)2/h3-6H2,1-2H3,(H2,13,14). The maximum atomic E-state index is 12.0. The normalized spacial score (nSPS) is 27.0. The smallest absolute Gasteiger partial charge is 0.370 e. The lowest BCUT2D eigenvalue weighted by Crippen LogP contribution is -2.46. The van der Waals surface area contributed by atoms with E-state index in [4.69, 9.17) is 5.73 Å². The predicted octanol–water partition coefficient (Wildman–Crippen LogP) is 1.74. The minimum Gasteiger partial charge on any atom is -0.370 e. The molecule has 0 spiro atoms. The Morgan fingerprint density at radius 1 is 1.53 bits per heavy atom. The minimum absolute atomic E-state index is 0.118. The second kappa shape index (κ2) is 3.90. The van der Waals surface area contributed by atoms with E-state index < -0.39 is 12.6 Å².